The lowest BCUT2D eigenvalue weighted by atomic mass is 9.83. The number of hydrogen-bond acceptors (Lipinski definition) is 3. The zero-order valence-corrected chi connectivity index (χ0v) is 8.87. The lowest BCUT2D eigenvalue weighted by Crippen LogP contribution is -2.29. The second-order valence-corrected chi connectivity index (χ2v) is 4.15. The molecule has 1 aliphatic carbocycles. The Balaban J connectivity index is 2.90. The summed E-state index contributed by atoms with van der Waals surface area (Å²) < 4.78 is 0. The average molecular weight is 196 g/mol. The number of Topliss-reactive ketones (excluding diaryl/α,β-unsaturated/α-hetero) is 3. The second-order valence-electron chi connectivity index (χ2n) is 4.15. The molecule has 1 rings (SSSR count). The van der Waals surface area contributed by atoms with Crippen LogP contribution < -0.4 is 0 Å². The molecule has 0 N–H and O–H groups in total. The van der Waals surface area contributed by atoms with Gasteiger partial charge < -0.3 is 0 Å². The van der Waals surface area contributed by atoms with Gasteiger partial charge in [-0.3, -0.25) is 14.4 Å². The van der Waals surface area contributed by atoms with Crippen molar-refractivity contribution in [1.82, 2.24) is 0 Å². The van der Waals surface area contributed by atoms with E-state index in [1.165, 1.54) is 20.8 Å². The summed E-state index contributed by atoms with van der Waals surface area (Å²) in [6.45, 7) is 4.48. The van der Waals surface area contributed by atoms with Crippen molar-refractivity contribution >= 4 is 17.3 Å². The monoisotopic (exact) mass is 196 g/mol. The first kappa shape index (κ1) is 11.1. The molecule has 0 aromatic rings. The maximum Gasteiger partial charge on any atom is 0.134 e. The van der Waals surface area contributed by atoms with Crippen LogP contribution in [0, 0.1) is 17.8 Å². The van der Waals surface area contributed by atoms with Gasteiger partial charge in [0.2, 0.25) is 0 Å². The third-order valence-electron chi connectivity index (χ3n) is 3.17. The standard InChI is InChI=1S/C11H16O3/c1-6(12)9-4-5-10(7(2)13)11(9)8(3)14/h9-11H,4-5H2,1-3H3. The summed E-state index contributed by atoms with van der Waals surface area (Å²) in [4.78, 5) is 33.9. The molecule has 2 atom stereocenters. The van der Waals surface area contributed by atoms with E-state index in [0.717, 1.165) is 0 Å². The Morgan fingerprint density at radius 2 is 1.14 bits per heavy atom. The molecule has 0 amide bonds. The Hall–Kier alpha value is -0.990. The maximum absolute atomic E-state index is 11.4. The van der Waals surface area contributed by atoms with Gasteiger partial charge in [0.1, 0.15) is 17.3 Å². The third kappa shape index (κ3) is 1.91. The zero-order valence-electron chi connectivity index (χ0n) is 8.87. The van der Waals surface area contributed by atoms with Gasteiger partial charge in [-0.25, -0.2) is 0 Å². The zero-order chi connectivity index (χ0) is 10.9. The number of carbonyl (C=O) groups excluding carboxylic acids is 3. The smallest absolute Gasteiger partial charge is 0.134 e. The summed E-state index contributed by atoms with van der Waals surface area (Å²) in [5, 5.41) is 0. The summed E-state index contributed by atoms with van der Waals surface area (Å²) in [7, 11) is 0. The van der Waals surface area contributed by atoms with Crippen LogP contribution in [0.3, 0.4) is 0 Å². The highest BCUT2D eigenvalue weighted by molar-refractivity contribution is 5.93. The third-order valence-corrected chi connectivity index (χ3v) is 3.17. The van der Waals surface area contributed by atoms with Crippen molar-refractivity contribution in [2.75, 3.05) is 0 Å². The fraction of sp³-hybridized carbons (Fsp3) is 0.727. The number of carbonyl (C=O) groups is 3. The molecule has 0 spiro atoms. The summed E-state index contributed by atoms with van der Waals surface area (Å²) in [5.74, 6) is -0.751. The highest BCUT2D eigenvalue weighted by Gasteiger charge is 2.43. The summed E-state index contributed by atoms with van der Waals surface area (Å²) in [6, 6.07) is 0. The highest BCUT2D eigenvalue weighted by atomic mass is 16.1. The van der Waals surface area contributed by atoms with Crippen LogP contribution in [0.5, 0.6) is 0 Å². The number of rotatable bonds is 3. The number of ketones is 3. The molecule has 0 aliphatic heterocycles. The van der Waals surface area contributed by atoms with Crippen molar-refractivity contribution in [3.05, 3.63) is 0 Å². The minimum Gasteiger partial charge on any atom is -0.300 e. The Morgan fingerprint density at radius 3 is 1.36 bits per heavy atom. The molecule has 0 bridgehead atoms. The maximum atomic E-state index is 11.4. The molecule has 0 radical (unpaired) electrons. The Morgan fingerprint density at radius 1 is 0.786 bits per heavy atom. The van der Waals surface area contributed by atoms with Gasteiger partial charge in [0, 0.05) is 17.8 Å². The lowest BCUT2D eigenvalue weighted by molar-refractivity contribution is -0.133. The first-order valence-electron chi connectivity index (χ1n) is 4.96. The van der Waals surface area contributed by atoms with E-state index < -0.39 is 0 Å². The van der Waals surface area contributed by atoms with Crippen LogP contribution in [0.25, 0.3) is 0 Å². The first-order chi connectivity index (χ1) is 6.45. The molecule has 0 aromatic heterocycles. The van der Waals surface area contributed by atoms with Gasteiger partial charge in [-0.2, -0.15) is 0 Å². The van der Waals surface area contributed by atoms with Crippen LogP contribution in [0.1, 0.15) is 33.6 Å². The Kier molecular flexibility index (Phi) is 3.19. The molecule has 0 aromatic carbocycles. The number of hydrogen-bond donors (Lipinski definition) is 0. The van der Waals surface area contributed by atoms with Gasteiger partial charge in [0.15, 0.2) is 0 Å². The van der Waals surface area contributed by atoms with Gasteiger partial charge in [-0.15, -0.1) is 0 Å². The van der Waals surface area contributed by atoms with Crippen LogP contribution in [-0.2, 0) is 14.4 Å². The SMILES string of the molecule is CC(=O)C1CCC(C(C)=O)C1C(C)=O. The van der Waals surface area contributed by atoms with Crippen molar-refractivity contribution in [2.24, 2.45) is 17.8 Å². The minimum atomic E-state index is -0.356. The highest BCUT2D eigenvalue weighted by Crippen LogP contribution is 2.38. The second kappa shape index (κ2) is 4.03. The predicted molar refractivity (Wildman–Crippen MR) is 51.7 cm³/mol. The van der Waals surface area contributed by atoms with E-state index in [1.54, 1.807) is 0 Å². The van der Waals surface area contributed by atoms with Gasteiger partial charge in [-0.1, -0.05) is 0 Å². The molecule has 1 fully saturated rings. The topological polar surface area (TPSA) is 51.2 Å². The molecule has 14 heavy (non-hydrogen) atoms. The fourth-order valence-electron chi connectivity index (χ4n) is 2.48. The van der Waals surface area contributed by atoms with E-state index >= 15 is 0 Å². The fourth-order valence-corrected chi connectivity index (χ4v) is 2.48. The lowest BCUT2D eigenvalue weighted by Gasteiger charge is -2.18. The van der Waals surface area contributed by atoms with E-state index in [-0.39, 0.29) is 35.1 Å². The van der Waals surface area contributed by atoms with E-state index in [1.807, 2.05) is 0 Å². The molecular weight excluding hydrogens is 180 g/mol. The van der Waals surface area contributed by atoms with Crippen LogP contribution in [-0.4, -0.2) is 17.3 Å². The quantitative estimate of drug-likeness (QED) is 0.685. The van der Waals surface area contributed by atoms with Gasteiger partial charge >= 0.3 is 0 Å². The molecule has 1 saturated carbocycles. The van der Waals surface area contributed by atoms with Crippen LogP contribution in [0.4, 0.5) is 0 Å². The van der Waals surface area contributed by atoms with Crippen LogP contribution >= 0.6 is 0 Å². The largest absolute Gasteiger partial charge is 0.300 e. The van der Waals surface area contributed by atoms with E-state index in [2.05, 4.69) is 0 Å². The molecule has 0 saturated heterocycles. The predicted octanol–water partition coefficient (Wildman–Crippen LogP) is 1.40. The van der Waals surface area contributed by atoms with Crippen molar-refractivity contribution in [1.29, 1.82) is 0 Å². The van der Waals surface area contributed by atoms with Crippen LogP contribution in [0.15, 0.2) is 0 Å². The van der Waals surface area contributed by atoms with Crippen molar-refractivity contribution < 1.29 is 14.4 Å². The van der Waals surface area contributed by atoms with Gasteiger partial charge in [0.05, 0.1) is 0 Å². The normalized spacial score (nSPS) is 31.5. The van der Waals surface area contributed by atoms with Crippen LogP contribution in [0.2, 0.25) is 0 Å². The Bertz CT molecular complexity index is 258. The molecule has 2 unspecified atom stereocenters. The van der Waals surface area contributed by atoms with Crippen molar-refractivity contribution in [2.45, 2.75) is 33.6 Å². The minimum absolute atomic E-state index is 0.0251. The van der Waals surface area contributed by atoms with E-state index in [9.17, 15) is 14.4 Å². The Labute approximate surface area is 83.9 Å². The summed E-state index contributed by atoms with van der Waals surface area (Å²) >= 11 is 0. The van der Waals surface area contributed by atoms with Crippen molar-refractivity contribution in [3.8, 4) is 0 Å². The molecular formula is C11H16O3. The van der Waals surface area contributed by atoms with Gasteiger partial charge in [0.25, 0.3) is 0 Å². The summed E-state index contributed by atoms with van der Waals surface area (Å²) in [5.41, 5.74) is 0. The molecule has 78 valence electrons. The van der Waals surface area contributed by atoms with E-state index in [0.29, 0.717) is 12.8 Å². The summed E-state index contributed by atoms with van der Waals surface area (Å²) in [6.07, 6.45) is 1.37. The molecule has 3 heteroatoms. The molecule has 3 nitrogen and oxygen atoms in total. The van der Waals surface area contributed by atoms with E-state index in [4.69, 9.17) is 0 Å². The van der Waals surface area contributed by atoms with Gasteiger partial charge in [-0.05, 0) is 33.6 Å². The average Bonchev–Trinajstić information content (AvgIpc) is 2.46. The first-order valence-corrected chi connectivity index (χ1v) is 4.96. The molecule has 0 heterocycles. The van der Waals surface area contributed by atoms with Crippen molar-refractivity contribution in [3.63, 3.8) is 0 Å². The molecule has 1 aliphatic rings.